The maximum Gasteiger partial charge on any atom is 0.136 e. The van der Waals surface area contributed by atoms with Crippen LogP contribution in [0.25, 0.3) is 0 Å². The highest BCUT2D eigenvalue weighted by atomic mass is 19.1. The van der Waals surface area contributed by atoms with Crippen LogP contribution in [-0.4, -0.2) is 56.0 Å². The lowest BCUT2D eigenvalue weighted by atomic mass is 9.78. The first-order chi connectivity index (χ1) is 23.3. The average molecular weight is 653 g/mol. The summed E-state index contributed by atoms with van der Waals surface area (Å²) < 4.78 is 15.1. The van der Waals surface area contributed by atoms with Gasteiger partial charge in [-0.15, -0.1) is 0 Å². The van der Waals surface area contributed by atoms with Gasteiger partial charge in [0.1, 0.15) is 23.9 Å². The van der Waals surface area contributed by atoms with Gasteiger partial charge in [-0.25, -0.2) is 14.4 Å². The van der Waals surface area contributed by atoms with Crippen molar-refractivity contribution in [2.45, 2.75) is 141 Å². The predicted octanol–water partition coefficient (Wildman–Crippen LogP) is 7.17. The van der Waals surface area contributed by atoms with E-state index in [1.165, 1.54) is 54.6 Å². The van der Waals surface area contributed by atoms with Crippen LogP contribution in [0.1, 0.15) is 136 Å². The number of aryl methyl sites for hydroxylation is 3. The average Bonchev–Trinajstić information content (AvgIpc) is 3.64. The first-order valence-corrected chi connectivity index (χ1v) is 18.7. The Morgan fingerprint density at radius 3 is 2.65 bits per heavy atom. The Balaban J connectivity index is 0.000000310. The summed E-state index contributed by atoms with van der Waals surface area (Å²) in [7, 11) is 0. The van der Waals surface area contributed by atoms with Gasteiger partial charge in [0, 0.05) is 48.8 Å². The van der Waals surface area contributed by atoms with Crippen molar-refractivity contribution in [2.75, 3.05) is 30.3 Å². The number of anilines is 2. The number of nitrogens with two attached hydrogens (primary N) is 1. The molecule has 0 amide bonds. The van der Waals surface area contributed by atoms with Gasteiger partial charge in [0.2, 0.25) is 0 Å². The van der Waals surface area contributed by atoms with Gasteiger partial charge in [-0.3, -0.25) is 9.58 Å². The second-order valence-electron chi connectivity index (χ2n) is 15.2. The van der Waals surface area contributed by atoms with Gasteiger partial charge in [-0.05, 0) is 107 Å². The third-order valence-electron chi connectivity index (χ3n) is 11.9. The molecule has 2 aromatic heterocycles. The fraction of sp³-hybridized carbons (Fsp3) is 0.641. The normalized spacial score (nSPS) is 25.3. The highest BCUT2D eigenvalue weighted by molar-refractivity contribution is 5.62. The molecule has 3 fully saturated rings. The van der Waals surface area contributed by atoms with Gasteiger partial charge in [0.15, 0.2) is 0 Å². The van der Waals surface area contributed by atoms with Crippen LogP contribution in [0, 0.1) is 11.3 Å². The Bertz CT molecular complexity index is 1670. The van der Waals surface area contributed by atoms with Crippen molar-refractivity contribution in [2.24, 2.45) is 0 Å². The Labute approximate surface area is 285 Å². The van der Waals surface area contributed by atoms with Crippen LogP contribution in [-0.2, 0) is 38.8 Å². The zero-order chi connectivity index (χ0) is 33.4. The summed E-state index contributed by atoms with van der Waals surface area (Å²) in [5, 5.41) is 15.0. The van der Waals surface area contributed by atoms with Gasteiger partial charge in [0.25, 0.3) is 0 Å². The molecule has 48 heavy (non-hydrogen) atoms. The Morgan fingerprint density at radius 1 is 1.06 bits per heavy atom. The van der Waals surface area contributed by atoms with Crippen molar-refractivity contribution in [3.63, 3.8) is 0 Å². The van der Waals surface area contributed by atoms with Crippen LogP contribution in [0.4, 0.5) is 15.9 Å². The van der Waals surface area contributed by atoms with E-state index in [1.54, 1.807) is 0 Å². The van der Waals surface area contributed by atoms with Gasteiger partial charge < -0.3 is 10.6 Å². The number of nitrogen functional groups attached to an aromatic ring is 1. The molecule has 5 heterocycles. The van der Waals surface area contributed by atoms with Crippen molar-refractivity contribution in [1.29, 1.82) is 5.26 Å². The van der Waals surface area contributed by atoms with E-state index in [-0.39, 0.29) is 11.5 Å². The molecule has 2 saturated heterocycles. The Morgan fingerprint density at radius 2 is 1.92 bits per heavy atom. The number of hydrogen-bond acceptors (Lipinski definition) is 7. The summed E-state index contributed by atoms with van der Waals surface area (Å²) in [6.07, 6.45) is 13.2. The maximum atomic E-state index is 12.8. The van der Waals surface area contributed by atoms with E-state index >= 15 is 0 Å². The Kier molecular flexibility index (Phi) is 9.47. The first kappa shape index (κ1) is 33.0. The van der Waals surface area contributed by atoms with Gasteiger partial charge in [-0.2, -0.15) is 10.4 Å². The van der Waals surface area contributed by atoms with Gasteiger partial charge in [0.05, 0.1) is 29.2 Å². The number of rotatable bonds is 6. The molecule has 3 atom stereocenters. The lowest BCUT2D eigenvalue weighted by Gasteiger charge is -2.31. The highest BCUT2D eigenvalue weighted by Gasteiger charge is 2.44. The molecule has 1 aromatic carbocycles. The van der Waals surface area contributed by atoms with Crippen molar-refractivity contribution in [3.8, 4) is 6.07 Å². The minimum Gasteiger partial charge on any atom is -0.398 e. The van der Waals surface area contributed by atoms with Gasteiger partial charge in [-0.1, -0.05) is 32.8 Å². The highest BCUT2D eigenvalue weighted by Crippen LogP contribution is 2.42. The summed E-state index contributed by atoms with van der Waals surface area (Å²) in [4.78, 5) is 15.0. The van der Waals surface area contributed by atoms with Crippen LogP contribution < -0.4 is 10.6 Å². The van der Waals surface area contributed by atoms with E-state index in [2.05, 4.69) is 53.5 Å². The molecular weight excluding hydrogens is 599 g/mol. The summed E-state index contributed by atoms with van der Waals surface area (Å²) >= 11 is 0. The SMILES string of the molecule is CC12CCCN1CC(F)C2.CCCc1ccc(N)c(C#N)c1C1CCc2c(nc(CC)nc2N2CCCn3nc(C4CCC4)cc3C2)C1. The topological polar surface area (TPSA) is 99.9 Å². The van der Waals surface area contributed by atoms with E-state index < -0.39 is 6.17 Å². The number of halogens is 1. The van der Waals surface area contributed by atoms with Gasteiger partial charge >= 0.3 is 0 Å². The molecule has 8 rings (SSSR count). The van der Waals surface area contributed by atoms with E-state index in [0.717, 1.165) is 100 Å². The summed E-state index contributed by atoms with van der Waals surface area (Å²) in [6.45, 7) is 11.1. The number of fused-ring (bicyclic) bond motifs is 3. The number of aromatic nitrogens is 4. The van der Waals surface area contributed by atoms with Crippen molar-refractivity contribution < 1.29 is 4.39 Å². The van der Waals surface area contributed by atoms with Crippen molar-refractivity contribution >= 4 is 11.5 Å². The zero-order valence-electron chi connectivity index (χ0n) is 29.3. The second kappa shape index (κ2) is 13.8. The molecule has 3 aliphatic heterocycles. The lowest BCUT2D eigenvalue weighted by molar-refractivity contribution is 0.217. The minimum absolute atomic E-state index is 0.236. The maximum absolute atomic E-state index is 12.8. The van der Waals surface area contributed by atoms with Crippen LogP contribution in [0.3, 0.4) is 0 Å². The summed E-state index contributed by atoms with van der Waals surface area (Å²) in [5.41, 5.74) is 15.2. The van der Waals surface area contributed by atoms with Crippen LogP contribution in [0.15, 0.2) is 18.2 Å². The third-order valence-corrected chi connectivity index (χ3v) is 11.9. The molecule has 5 aliphatic rings. The van der Waals surface area contributed by atoms with Crippen molar-refractivity contribution in [3.05, 3.63) is 63.4 Å². The smallest absolute Gasteiger partial charge is 0.136 e. The van der Waals surface area contributed by atoms with Crippen LogP contribution in [0.5, 0.6) is 0 Å². The molecule has 3 aromatic rings. The fourth-order valence-corrected chi connectivity index (χ4v) is 9.04. The zero-order valence-corrected chi connectivity index (χ0v) is 29.3. The standard InChI is InChI=1S/C31H39N7.C8H14FN/c1-3-7-21-11-13-26(33)25(18-32)30(21)22-10-12-24-28(16-22)34-29(4-2)35-31(24)37-14-6-15-38-23(19-37)17-27(36-38)20-8-5-9-20;1-8-3-2-4-10(8)6-7(9)5-8/h11,13,17,20,22H,3-10,12,14-16,19,33H2,1-2H3;7H,2-6H2,1H3. The minimum atomic E-state index is -0.551. The molecule has 0 bridgehead atoms. The molecule has 256 valence electrons. The number of nitriles is 1. The van der Waals surface area contributed by atoms with Crippen molar-refractivity contribution in [1.82, 2.24) is 24.6 Å². The summed E-state index contributed by atoms with van der Waals surface area (Å²) in [6, 6.07) is 8.82. The monoisotopic (exact) mass is 652 g/mol. The molecule has 2 N–H and O–H groups in total. The third kappa shape index (κ3) is 6.33. The Hall–Kier alpha value is -3.51. The molecule has 2 aliphatic carbocycles. The number of nitrogens with zero attached hydrogens (tertiary/aromatic N) is 7. The quantitative estimate of drug-likeness (QED) is 0.282. The van der Waals surface area contributed by atoms with Crippen LogP contribution >= 0.6 is 0 Å². The molecular formula is C39H53FN8. The molecule has 0 radical (unpaired) electrons. The largest absolute Gasteiger partial charge is 0.398 e. The second-order valence-corrected chi connectivity index (χ2v) is 15.2. The predicted molar refractivity (Wildman–Crippen MR) is 189 cm³/mol. The van der Waals surface area contributed by atoms with E-state index in [0.29, 0.717) is 23.7 Å². The molecule has 0 spiro atoms. The first-order valence-electron chi connectivity index (χ1n) is 18.7. The van der Waals surface area contributed by atoms with E-state index in [4.69, 9.17) is 20.8 Å². The molecule has 3 unspecified atom stereocenters. The lowest BCUT2D eigenvalue weighted by Crippen LogP contribution is -2.34. The molecule has 1 saturated carbocycles. The number of benzene rings is 1. The molecule has 8 nitrogen and oxygen atoms in total. The fourth-order valence-electron chi connectivity index (χ4n) is 9.04. The number of hydrogen-bond donors (Lipinski definition) is 1. The summed E-state index contributed by atoms with van der Waals surface area (Å²) in [5.74, 6) is 2.94. The van der Waals surface area contributed by atoms with E-state index in [9.17, 15) is 9.65 Å². The molecule has 9 heteroatoms. The number of alkyl halides is 1. The van der Waals surface area contributed by atoms with Crippen LogP contribution in [0.2, 0.25) is 0 Å². The van der Waals surface area contributed by atoms with E-state index in [1.807, 2.05) is 6.07 Å².